The van der Waals surface area contributed by atoms with Crippen LogP contribution in [0.2, 0.25) is 0 Å². The van der Waals surface area contributed by atoms with Crippen molar-refractivity contribution in [3.63, 3.8) is 0 Å². The zero-order valence-electron chi connectivity index (χ0n) is 16.8. The van der Waals surface area contributed by atoms with E-state index in [1.165, 1.54) is 0 Å². The Morgan fingerprint density at radius 1 is 1.21 bits per heavy atom. The van der Waals surface area contributed by atoms with Crippen LogP contribution in [0.1, 0.15) is 27.2 Å². The normalized spacial score (nSPS) is 13.9. The van der Waals surface area contributed by atoms with Gasteiger partial charge >= 0.3 is 0 Å². The van der Waals surface area contributed by atoms with Crippen LogP contribution in [0.5, 0.6) is 0 Å². The summed E-state index contributed by atoms with van der Waals surface area (Å²) in [7, 11) is 1.89. The minimum atomic E-state index is -2.98. The van der Waals surface area contributed by atoms with Crippen molar-refractivity contribution < 1.29 is 13.6 Å². The van der Waals surface area contributed by atoms with Crippen LogP contribution in [0.15, 0.2) is 36.8 Å². The molecule has 1 amide bonds. The number of alkyl halides is 2. The highest BCUT2D eigenvalue weighted by Gasteiger charge is 2.33. The van der Waals surface area contributed by atoms with E-state index >= 15 is 0 Å². The molecule has 0 aliphatic heterocycles. The molecule has 29 heavy (non-hydrogen) atoms. The molecule has 3 heterocycles. The van der Waals surface area contributed by atoms with E-state index in [1.54, 1.807) is 32.3 Å². The lowest BCUT2D eigenvalue weighted by Gasteiger charge is -2.29. The van der Waals surface area contributed by atoms with Crippen LogP contribution < -0.4 is 10.6 Å². The molecule has 1 atom stereocenters. The van der Waals surface area contributed by atoms with Crippen LogP contribution in [0.25, 0.3) is 22.4 Å². The maximum Gasteiger partial charge on any atom is 0.262 e. The summed E-state index contributed by atoms with van der Waals surface area (Å²) < 4.78 is 28.1. The van der Waals surface area contributed by atoms with Gasteiger partial charge in [-0.3, -0.25) is 4.79 Å². The fourth-order valence-corrected chi connectivity index (χ4v) is 2.97. The number of amides is 1. The van der Waals surface area contributed by atoms with Gasteiger partial charge in [0.2, 0.25) is 5.91 Å². The van der Waals surface area contributed by atoms with E-state index in [0.717, 1.165) is 23.5 Å². The lowest BCUT2D eigenvalue weighted by atomic mass is 9.97. The largest absolute Gasteiger partial charge is 0.356 e. The van der Waals surface area contributed by atoms with Crippen molar-refractivity contribution in [1.82, 2.24) is 24.8 Å². The first kappa shape index (κ1) is 20.6. The molecule has 0 fully saturated rings. The van der Waals surface area contributed by atoms with Gasteiger partial charge in [-0.15, -0.1) is 0 Å². The third-order valence-corrected chi connectivity index (χ3v) is 4.80. The second kappa shape index (κ2) is 7.73. The van der Waals surface area contributed by atoms with Crippen molar-refractivity contribution in [2.24, 2.45) is 7.05 Å². The average molecular weight is 402 g/mol. The van der Waals surface area contributed by atoms with Crippen molar-refractivity contribution >= 4 is 22.8 Å². The Balaban J connectivity index is 1.87. The van der Waals surface area contributed by atoms with E-state index in [2.05, 4.69) is 25.6 Å². The van der Waals surface area contributed by atoms with Gasteiger partial charge in [0, 0.05) is 43.5 Å². The molecule has 0 aliphatic carbocycles. The highest BCUT2D eigenvalue weighted by molar-refractivity contribution is 5.92. The number of aryl methyl sites for hydroxylation is 1. The second-order valence-corrected chi connectivity index (χ2v) is 7.36. The van der Waals surface area contributed by atoms with Crippen molar-refractivity contribution in [3.05, 3.63) is 36.8 Å². The predicted molar refractivity (Wildman–Crippen MR) is 108 cm³/mol. The van der Waals surface area contributed by atoms with Gasteiger partial charge in [0.25, 0.3) is 5.92 Å². The Morgan fingerprint density at radius 2 is 1.97 bits per heavy atom. The number of halogens is 2. The zero-order valence-corrected chi connectivity index (χ0v) is 16.8. The van der Waals surface area contributed by atoms with Gasteiger partial charge in [-0.25, -0.2) is 23.7 Å². The summed E-state index contributed by atoms with van der Waals surface area (Å²) in [6.07, 6.45) is 5.58. The van der Waals surface area contributed by atoms with Crippen molar-refractivity contribution in [2.45, 2.75) is 38.7 Å². The van der Waals surface area contributed by atoms with Crippen LogP contribution in [0.3, 0.4) is 0 Å². The summed E-state index contributed by atoms with van der Waals surface area (Å²) in [5.41, 5.74) is 0.521. The number of nitrogens with zero attached hydrogens (tertiary/aromatic N) is 4. The van der Waals surface area contributed by atoms with Gasteiger partial charge in [0.05, 0.1) is 6.54 Å². The van der Waals surface area contributed by atoms with E-state index in [0.29, 0.717) is 18.1 Å². The molecular weight excluding hydrogens is 378 g/mol. The monoisotopic (exact) mass is 402 g/mol. The fraction of sp³-hybridized carbons (Fsp3) is 0.400. The lowest BCUT2D eigenvalue weighted by molar-refractivity contribution is -0.126. The van der Waals surface area contributed by atoms with Crippen LogP contribution in [-0.4, -0.2) is 43.4 Å². The molecule has 0 radical (unpaired) electrons. The van der Waals surface area contributed by atoms with Gasteiger partial charge in [0.1, 0.15) is 17.0 Å². The Hall–Kier alpha value is -3.10. The number of fused-ring (bicyclic) bond motifs is 1. The third-order valence-electron chi connectivity index (χ3n) is 4.80. The summed E-state index contributed by atoms with van der Waals surface area (Å²) in [5, 5.41) is 6.29. The maximum atomic E-state index is 13.1. The molecule has 0 bridgehead atoms. The standard InChI is InChI=1S/C20H24F2N6O/c1-5-19(2,18(29)25-12-20(3,21)22)27-15-8-10-23-16(26-15)14-11-28(4)17-13(14)7-6-9-24-17/h6-11H,5,12H2,1-4H3,(H,25,29)(H,23,26,27). The van der Waals surface area contributed by atoms with Gasteiger partial charge in [-0.05, 0) is 31.5 Å². The predicted octanol–water partition coefficient (Wildman–Crippen LogP) is 3.38. The number of carbonyl (C=O) groups is 1. The van der Waals surface area contributed by atoms with Crippen molar-refractivity contribution in [2.75, 3.05) is 11.9 Å². The van der Waals surface area contributed by atoms with Gasteiger partial charge < -0.3 is 15.2 Å². The summed E-state index contributed by atoms with van der Waals surface area (Å²) in [4.78, 5) is 25.8. The summed E-state index contributed by atoms with van der Waals surface area (Å²) in [5.74, 6) is -2.59. The number of hydrogen-bond donors (Lipinski definition) is 2. The average Bonchev–Trinajstić information content (AvgIpc) is 3.02. The zero-order chi connectivity index (χ0) is 21.2. The molecule has 7 nitrogen and oxygen atoms in total. The van der Waals surface area contributed by atoms with Crippen LogP contribution in [-0.2, 0) is 11.8 Å². The molecule has 1 unspecified atom stereocenters. The van der Waals surface area contributed by atoms with Crippen LogP contribution in [0.4, 0.5) is 14.6 Å². The van der Waals surface area contributed by atoms with E-state index in [9.17, 15) is 13.6 Å². The number of pyridine rings is 1. The van der Waals surface area contributed by atoms with Crippen LogP contribution in [0, 0.1) is 0 Å². The number of hydrogen-bond acceptors (Lipinski definition) is 5. The molecule has 154 valence electrons. The smallest absolute Gasteiger partial charge is 0.262 e. The first-order valence-electron chi connectivity index (χ1n) is 9.31. The Kier molecular flexibility index (Phi) is 5.50. The SMILES string of the molecule is CCC(C)(Nc1ccnc(-c2cn(C)c3ncccc23)n1)C(=O)NCC(C)(F)F. The van der Waals surface area contributed by atoms with Crippen LogP contribution >= 0.6 is 0 Å². The van der Waals surface area contributed by atoms with E-state index < -0.39 is 23.9 Å². The number of rotatable bonds is 7. The van der Waals surface area contributed by atoms with E-state index in [4.69, 9.17) is 0 Å². The maximum absolute atomic E-state index is 13.1. The second-order valence-electron chi connectivity index (χ2n) is 7.36. The van der Waals surface area contributed by atoms with Crippen molar-refractivity contribution in [3.8, 4) is 11.4 Å². The first-order valence-corrected chi connectivity index (χ1v) is 9.31. The molecule has 9 heteroatoms. The molecule has 0 aromatic carbocycles. The van der Waals surface area contributed by atoms with Gasteiger partial charge in [-0.1, -0.05) is 6.92 Å². The Morgan fingerprint density at radius 3 is 2.66 bits per heavy atom. The number of nitrogens with one attached hydrogen (secondary N) is 2. The summed E-state index contributed by atoms with van der Waals surface area (Å²) in [6, 6.07) is 5.42. The third kappa shape index (κ3) is 4.49. The minimum Gasteiger partial charge on any atom is -0.356 e. The Labute approximate surface area is 167 Å². The first-order chi connectivity index (χ1) is 13.6. The highest BCUT2D eigenvalue weighted by Crippen LogP contribution is 2.27. The molecule has 0 spiro atoms. The van der Waals surface area contributed by atoms with Gasteiger partial charge in [0.15, 0.2) is 5.82 Å². The summed E-state index contributed by atoms with van der Waals surface area (Å²) in [6.45, 7) is 3.50. The molecule has 0 saturated heterocycles. The molecule has 0 saturated carbocycles. The number of carbonyl (C=O) groups excluding carboxylic acids is 1. The molecule has 3 rings (SSSR count). The van der Waals surface area contributed by atoms with E-state index in [1.807, 2.05) is 29.9 Å². The lowest BCUT2D eigenvalue weighted by Crippen LogP contribution is -2.52. The quantitative estimate of drug-likeness (QED) is 0.633. The van der Waals surface area contributed by atoms with Gasteiger partial charge in [-0.2, -0.15) is 0 Å². The Bertz CT molecular complexity index is 1030. The van der Waals surface area contributed by atoms with E-state index in [-0.39, 0.29) is 0 Å². The number of anilines is 1. The molecule has 2 N–H and O–H groups in total. The minimum absolute atomic E-state index is 0.381. The van der Waals surface area contributed by atoms with Crippen molar-refractivity contribution in [1.29, 1.82) is 0 Å². The molecule has 3 aromatic heterocycles. The molecule has 0 aliphatic rings. The fourth-order valence-electron chi connectivity index (χ4n) is 2.97. The highest BCUT2D eigenvalue weighted by atomic mass is 19.3. The number of aromatic nitrogens is 4. The molecular formula is C20H24F2N6O. The topological polar surface area (TPSA) is 84.7 Å². The molecule has 3 aromatic rings. The summed E-state index contributed by atoms with van der Waals surface area (Å²) >= 11 is 0.